The number of thiol groups is 1. The molecule has 0 saturated heterocycles. The molecule has 1 nitrogen and oxygen atoms in total. The van der Waals surface area contributed by atoms with Crippen molar-refractivity contribution in [2.75, 3.05) is 12.3 Å². The Morgan fingerprint density at radius 3 is 2.79 bits per heavy atom. The molecular formula is C12H19NS. The van der Waals surface area contributed by atoms with Crippen LogP contribution in [0.15, 0.2) is 18.2 Å². The zero-order chi connectivity index (χ0) is 10.4. The van der Waals surface area contributed by atoms with Gasteiger partial charge in [-0.15, -0.1) is 0 Å². The van der Waals surface area contributed by atoms with E-state index in [1.807, 2.05) is 0 Å². The fourth-order valence-corrected chi connectivity index (χ4v) is 1.58. The fraction of sp³-hybridized carbons (Fsp3) is 0.500. The molecule has 0 spiro atoms. The van der Waals surface area contributed by atoms with Crippen LogP contribution >= 0.6 is 12.6 Å². The molecule has 14 heavy (non-hydrogen) atoms. The van der Waals surface area contributed by atoms with E-state index in [-0.39, 0.29) is 0 Å². The molecule has 1 aromatic carbocycles. The second-order valence-electron chi connectivity index (χ2n) is 3.68. The van der Waals surface area contributed by atoms with Crippen molar-refractivity contribution in [2.45, 2.75) is 26.8 Å². The van der Waals surface area contributed by atoms with Gasteiger partial charge in [0.1, 0.15) is 0 Å². The first-order valence-electron chi connectivity index (χ1n) is 5.11. The van der Waals surface area contributed by atoms with Crippen LogP contribution in [0.5, 0.6) is 0 Å². The average Bonchev–Trinajstić information content (AvgIpc) is 2.18. The molecule has 0 fully saturated rings. The van der Waals surface area contributed by atoms with E-state index in [1.165, 1.54) is 16.7 Å². The van der Waals surface area contributed by atoms with E-state index in [0.717, 1.165) is 25.3 Å². The Bertz CT molecular complexity index is 284. The van der Waals surface area contributed by atoms with Crippen molar-refractivity contribution in [3.8, 4) is 0 Å². The van der Waals surface area contributed by atoms with Gasteiger partial charge < -0.3 is 5.32 Å². The summed E-state index contributed by atoms with van der Waals surface area (Å²) in [5.41, 5.74) is 4.11. The molecule has 0 aliphatic rings. The van der Waals surface area contributed by atoms with Gasteiger partial charge in [-0.3, -0.25) is 0 Å². The van der Waals surface area contributed by atoms with Gasteiger partial charge in [0, 0.05) is 6.54 Å². The van der Waals surface area contributed by atoms with Gasteiger partial charge in [-0.05, 0) is 43.7 Å². The summed E-state index contributed by atoms with van der Waals surface area (Å²) in [7, 11) is 0. The van der Waals surface area contributed by atoms with Crippen LogP contribution in [-0.4, -0.2) is 12.3 Å². The number of hydrogen-bond donors (Lipinski definition) is 2. The molecule has 0 atom stereocenters. The maximum atomic E-state index is 4.18. The average molecular weight is 209 g/mol. The zero-order valence-electron chi connectivity index (χ0n) is 9.01. The standard InChI is InChI=1S/C12H19NS/c1-10-4-5-11(2)12(8-10)9-13-6-3-7-14/h4-5,8,13-14H,3,6-7,9H2,1-2H3. The first kappa shape index (κ1) is 11.6. The van der Waals surface area contributed by atoms with Gasteiger partial charge in [-0.1, -0.05) is 23.8 Å². The smallest absolute Gasteiger partial charge is 0.0208 e. The van der Waals surface area contributed by atoms with E-state index in [1.54, 1.807) is 0 Å². The summed E-state index contributed by atoms with van der Waals surface area (Å²) in [4.78, 5) is 0. The van der Waals surface area contributed by atoms with Crippen LogP contribution in [0.4, 0.5) is 0 Å². The Kier molecular flexibility index (Phi) is 5.05. The van der Waals surface area contributed by atoms with Crippen LogP contribution in [0, 0.1) is 13.8 Å². The molecule has 0 radical (unpaired) electrons. The summed E-state index contributed by atoms with van der Waals surface area (Å²) >= 11 is 4.18. The van der Waals surface area contributed by atoms with Crippen molar-refractivity contribution in [2.24, 2.45) is 0 Å². The lowest BCUT2D eigenvalue weighted by Gasteiger charge is -2.08. The quantitative estimate of drug-likeness (QED) is 0.561. The summed E-state index contributed by atoms with van der Waals surface area (Å²) in [6.07, 6.45) is 1.13. The van der Waals surface area contributed by atoms with Crippen molar-refractivity contribution >= 4 is 12.6 Å². The normalized spacial score (nSPS) is 10.5. The molecule has 0 amide bonds. The summed E-state index contributed by atoms with van der Waals surface area (Å²) in [5, 5.41) is 3.42. The van der Waals surface area contributed by atoms with E-state index in [2.05, 4.69) is 50.0 Å². The SMILES string of the molecule is Cc1ccc(C)c(CNCCCS)c1. The second-order valence-corrected chi connectivity index (χ2v) is 4.13. The predicted octanol–water partition coefficient (Wildman–Crippen LogP) is 2.71. The van der Waals surface area contributed by atoms with Gasteiger partial charge in [0.25, 0.3) is 0 Å². The van der Waals surface area contributed by atoms with Gasteiger partial charge in [-0.2, -0.15) is 12.6 Å². The van der Waals surface area contributed by atoms with E-state index in [0.29, 0.717) is 0 Å². The lowest BCUT2D eigenvalue weighted by molar-refractivity contribution is 0.677. The minimum atomic E-state index is 0.958. The molecule has 0 bridgehead atoms. The van der Waals surface area contributed by atoms with Gasteiger partial charge >= 0.3 is 0 Å². The topological polar surface area (TPSA) is 12.0 Å². The van der Waals surface area contributed by atoms with E-state index in [9.17, 15) is 0 Å². The first-order chi connectivity index (χ1) is 6.74. The number of aryl methyl sites for hydroxylation is 2. The van der Waals surface area contributed by atoms with Crippen molar-refractivity contribution in [1.29, 1.82) is 0 Å². The van der Waals surface area contributed by atoms with Gasteiger partial charge in [0.15, 0.2) is 0 Å². The van der Waals surface area contributed by atoms with Crippen LogP contribution in [0.2, 0.25) is 0 Å². The van der Waals surface area contributed by atoms with Gasteiger partial charge in [0.05, 0.1) is 0 Å². The molecule has 0 aliphatic heterocycles. The molecule has 0 heterocycles. The third-order valence-electron chi connectivity index (χ3n) is 2.33. The minimum Gasteiger partial charge on any atom is -0.313 e. The fourth-order valence-electron chi connectivity index (χ4n) is 1.42. The number of rotatable bonds is 5. The molecule has 78 valence electrons. The molecule has 1 aromatic rings. The maximum Gasteiger partial charge on any atom is 0.0208 e. The van der Waals surface area contributed by atoms with Gasteiger partial charge in [0.2, 0.25) is 0 Å². The summed E-state index contributed by atoms with van der Waals surface area (Å²) < 4.78 is 0. The lowest BCUT2D eigenvalue weighted by atomic mass is 10.1. The molecule has 0 aromatic heterocycles. The third-order valence-corrected chi connectivity index (χ3v) is 2.65. The summed E-state index contributed by atoms with van der Waals surface area (Å²) in [6.45, 7) is 6.32. The minimum absolute atomic E-state index is 0.958. The monoisotopic (exact) mass is 209 g/mol. The van der Waals surface area contributed by atoms with Gasteiger partial charge in [-0.25, -0.2) is 0 Å². The van der Waals surface area contributed by atoms with Crippen LogP contribution in [0.3, 0.4) is 0 Å². The Morgan fingerprint density at radius 1 is 1.29 bits per heavy atom. The van der Waals surface area contributed by atoms with Crippen LogP contribution in [0.25, 0.3) is 0 Å². The lowest BCUT2D eigenvalue weighted by Crippen LogP contribution is -2.15. The van der Waals surface area contributed by atoms with Crippen molar-refractivity contribution in [1.82, 2.24) is 5.32 Å². The Labute approximate surface area is 92.3 Å². The van der Waals surface area contributed by atoms with Crippen LogP contribution in [-0.2, 0) is 6.54 Å². The van der Waals surface area contributed by atoms with Crippen LogP contribution < -0.4 is 5.32 Å². The Hall–Kier alpha value is -0.470. The summed E-state index contributed by atoms with van der Waals surface area (Å²) in [5.74, 6) is 0.958. The first-order valence-corrected chi connectivity index (χ1v) is 5.75. The molecule has 1 N–H and O–H groups in total. The van der Waals surface area contributed by atoms with E-state index < -0.39 is 0 Å². The van der Waals surface area contributed by atoms with E-state index in [4.69, 9.17) is 0 Å². The highest BCUT2D eigenvalue weighted by molar-refractivity contribution is 7.80. The van der Waals surface area contributed by atoms with Crippen LogP contribution in [0.1, 0.15) is 23.1 Å². The Balaban J connectivity index is 2.45. The second kappa shape index (κ2) is 6.10. The third kappa shape index (κ3) is 3.72. The molecule has 0 saturated carbocycles. The molecule has 0 aliphatic carbocycles. The largest absolute Gasteiger partial charge is 0.313 e. The highest BCUT2D eigenvalue weighted by atomic mass is 32.1. The van der Waals surface area contributed by atoms with E-state index >= 15 is 0 Å². The highest BCUT2D eigenvalue weighted by Gasteiger charge is 1.97. The number of nitrogens with one attached hydrogen (secondary N) is 1. The maximum absolute atomic E-state index is 4.18. The predicted molar refractivity (Wildman–Crippen MR) is 66.1 cm³/mol. The summed E-state index contributed by atoms with van der Waals surface area (Å²) in [6, 6.07) is 6.60. The molecule has 0 unspecified atom stereocenters. The Morgan fingerprint density at radius 2 is 2.07 bits per heavy atom. The molecular weight excluding hydrogens is 190 g/mol. The number of hydrogen-bond acceptors (Lipinski definition) is 2. The van der Waals surface area contributed by atoms with Crippen molar-refractivity contribution < 1.29 is 0 Å². The van der Waals surface area contributed by atoms with Crippen molar-refractivity contribution in [3.63, 3.8) is 0 Å². The number of benzene rings is 1. The van der Waals surface area contributed by atoms with Crippen molar-refractivity contribution in [3.05, 3.63) is 34.9 Å². The highest BCUT2D eigenvalue weighted by Crippen LogP contribution is 2.09. The zero-order valence-corrected chi connectivity index (χ0v) is 9.90. The molecule has 2 heteroatoms. The molecule has 1 rings (SSSR count).